The number of hydrogen-bond donors (Lipinski definition) is 1. The smallest absolute Gasteiger partial charge is 0.243 e. The van der Waals surface area contributed by atoms with Gasteiger partial charge in [0.1, 0.15) is 0 Å². The highest BCUT2D eigenvalue weighted by atomic mass is 35.5. The SMILES string of the molecule is C[C@@H]1CN(S(=O)(=O)c2ccc(N)c(Cl)c2)C[C@H](C)O1. The second-order valence-electron chi connectivity index (χ2n) is 4.76. The Morgan fingerprint density at radius 1 is 1.32 bits per heavy atom. The molecule has 0 amide bonds. The largest absolute Gasteiger partial charge is 0.398 e. The van der Waals surface area contributed by atoms with Crippen molar-refractivity contribution >= 4 is 27.3 Å². The Morgan fingerprint density at radius 3 is 2.42 bits per heavy atom. The standard InChI is InChI=1S/C12H17ClN2O3S/c1-8-6-15(7-9(2)18-8)19(16,17)10-3-4-12(14)11(13)5-10/h3-5,8-9H,6-7,14H2,1-2H3/t8-,9+. The second kappa shape index (κ2) is 5.28. The molecule has 0 saturated carbocycles. The Morgan fingerprint density at radius 2 is 1.89 bits per heavy atom. The fourth-order valence-electron chi connectivity index (χ4n) is 2.14. The third-order valence-corrected chi connectivity index (χ3v) is 5.15. The number of ether oxygens (including phenoxy) is 1. The average molecular weight is 305 g/mol. The molecule has 1 aromatic carbocycles. The van der Waals surface area contributed by atoms with E-state index >= 15 is 0 Å². The highest BCUT2D eigenvalue weighted by molar-refractivity contribution is 7.89. The van der Waals surface area contributed by atoms with Gasteiger partial charge in [0.05, 0.1) is 27.8 Å². The summed E-state index contributed by atoms with van der Waals surface area (Å²) in [4.78, 5) is 0.160. The number of halogens is 1. The van der Waals surface area contributed by atoms with Gasteiger partial charge >= 0.3 is 0 Å². The van der Waals surface area contributed by atoms with E-state index in [1.54, 1.807) is 0 Å². The molecule has 19 heavy (non-hydrogen) atoms. The summed E-state index contributed by atoms with van der Waals surface area (Å²) in [6.45, 7) is 4.39. The van der Waals surface area contributed by atoms with Crippen LogP contribution < -0.4 is 5.73 Å². The van der Waals surface area contributed by atoms with Gasteiger partial charge in [-0.3, -0.25) is 0 Å². The predicted molar refractivity (Wildman–Crippen MR) is 74.6 cm³/mol. The molecule has 106 valence electrons. The number of nitrogen functional groups attached to an aromatic ring is 1. The molecule has 0 bridgehead atoms. The molecule has 0 radical (unpaired) electrons. The molecular weight excluding hydrogens is 288 g/mol. The van der Waals surface area contributed by atoms with Crippen LogP contribution in [-0.2, 0) is 14.8 Å². The third kappa shape index (κ3) is 3.02. The number of nitrogens with two attached hydrogens (primary N) is 1. The van der Waals surface area contributed by atoms with Crippen molar-refractivity contribution in [1.29, 1.82) is 0 Å². The molecule has 1 saturated heterocycles. The summed E-state index contributed by atoms with van der Waals surface area (Å²) in [5, 5.41) is 0.246. The fraction of sp³-hybridized carbons (Fsp3) is 0.500. The monoisotopic (exact) mass is 304 g/mol. The highest BCUT2D eigenvalue weighted by Gasteiger charge is 2.32. The first kappa shape index (κ1) is 14.6. The summed E-state index contributed by atoms with van der Waals surface area (Å²) in [6, 6.07) is 4.36. The topological polar surface area (TPSA) is 72.6 Å². The van der Waals surface area contributed by atoms with Crippen molar-refractivity contribution in [1.82, 2.24) is 4.31 Å². The van der Waals surface area contributed by atoms with Crippen LogP contribution in [0.3, 0.4) is 0 Å². The first-order chi connectivity index (χ1) is 8.80. The molecule has 0 aromatic heterocycles. The van der Waals surface area contributed by atoms with Gasteiger partial charge in [-0.2, -0.15) is 4.31 Å². The van der Waals surface area contributed by atoms with Crippen LogP contribution in [0.15, 0.2) is 23.1 Å². The van der Waals surface area contributed by atoms with Gasteiger partial charge in [-0.15, -0.1) is 0 Å². The van der Waals surface area contributed by atoms with Crippen LogP contribution in [-0.4, -0.2) is 38.0 Å². The molecule has 7 heteroatoms. The molecule has 1 aliphatic heterocycles. The minimum atomic E-state index is -3.55. The van der Waals surface area contributed by atoms with E-state index in [-0.39, 0.29) is 22.1 Å². The first-order valence-electron chi connectivity index (χ1n) is 6.01. The summed E-state index contributed by atoms with van der Waals surface area (Å²) in [6.07, 6.45) is -0.245. The van der Waals surface area contributed by atoms with Crippen molar-refractivity contribution in [2.24, 2.45) is 0 Å². The number of anilines is 1. The zero-order chi connectivity index (χ0) is 14.2. The van der Waals surface area contributed by atoms with Gasteiger partial charge in [0.2, 0.25) is 10.0 Å². The lowest BCUT2D eigenvalue weighted by atomic mass is 10.3. The Labute approximate surface area is 118 Å². The van der Waals surface area contributed by atoms with Crippen LogP contribution in [0.1, 0.15) is 13.8 Å². The number of benzene rings is 1. The van der Waals surface area contributed by atoms with Gasteiger partial charge in [0, 0.05) is 13.1 Å². The summed E-state index contributed by atoms with van der Waals surface area (Å²) in [5.74, 6) is 0. The molecule has 0 spiro atoms. The van der Waals surface area contributed by atoms with Crippen LogP contribution in [0.25, 0.3) is 0 Å². The van der Waals surface area contributed by atoms with Crippen LogP contribution in [0.2, 0.25) is 5.02 Å². The van der Waals surface area contributed by atoms with E-state index in [1.807, 2.05) is 13.8 Å². The molecule has 0 aliphatic carbocycles. The van der Waals surface area contributed by atoms with Crippen LogP contribution in [0.4, 0.5) is 5.69 Å². The predicted octanol–water partition coefficient (Wildman–Crippen LogP) is 1.72. The zero-order valence-electron chi connectivity index (χ0n) is 10.8. The molecule has 2 N–H and O–H groups in total. The number of hydrogen-bond acceptors (Lipinski definition) is 4. The molecule has 1 aliphatic rings. The Balaban J connectivity index is 2.33. The fourth-order valence-corrected chi connectivity index (χ4v) is 4.01. The van der Waals surface area contributed by atoms with Crippen LogP contribution >= 0.6 is 11.6 Å². The van der Waals surface area contributed by atoms with Gasteiger partial charge in [-0.1, -0.05) is 11.6 Å². The highest BCUT2D eigenvalue weighted by Crippen LogP contribution is 2.26. The second-order valence-corrected chi connectivity index (χ2v) is 7.11. The van der Waals surface area contributed by atoms with Crippen molar-refractivity contribution in [3.63, 3.8) is 0 Å². The summed E-state index contributed by atoms with van der Waals surface area (Å²) < 4.78 is 32.0. The summed E-state index contributed by atoms with van der Waals surface area (Å²) in [5.41, 5.74) is 5.96. The number of sulfonamides is 1. The molecule has 2 atom stereocenters. The molecule has 1 aromatic rings. The van der Waals surface area contributed by atoms with Crippen molar-refractivity contribution < 1.29 is 13.2 Å². The molecule has 5 nitrogen and oxygen atoms in total. The van der Waals surface area contributed by atoms with Gasteiger partial charge in [-0.05, 0) is 32.0 Å². The Kier molecular flexibility index (Phi) is 4.06. The maximum Gasteiger partial charge on any atom is 0.243 e. The van der Waals surface area contributed by atoms with E-state index in [0.717, 1.165) is 0 Å². The van der Waals surface area contributed by atoms with E-state index in [9.17, 15) is 8.42 Å². The van der Waals surface area contributed by atoms with Crippen molar-refractivity contribution in [3.05, 3.63) is 23.2 Å². The summed E-state index contributed by atoms with van der Waals surface area (Å²) in [7, 11) is -3.55. The van der Waals surface area contributed by atoms with Gasteiger partial charge in [-0.25, -0.2) is 8.42 Å². The molecule has 1 heterocycles. The Bertz CT molecular complexity index is 566. The maximum absolute atomic E-state index is 12.5. The Hall–Kier alpha value is -0.820. The third-order valence-electron chi connectivity index (χ3n) is 3.00. The van der Waals surface area contributed by atoms with Crippen molar-refractivity contribution in [3.8, 4) is 0 Å². The van der Waals surface area contributed by atoms with Gasteiger partial charge in [0.25, 0.3) is 0 Å². The van der Waals surface area contributed by atoms with Crippen LogP contribution in [0, 0.1) is 0 Å². The normalized spacial score (nSPS) is 25.4. The minimum absolute atomic E-state index is 0.122. The molecule has 0 unspecified atom stereocenters. The molecule has 2 rings (SSSR count). The first-order valence-corrected chi connectivity index (χ1v) is 7.83. The average Bonchev–Trinajstić information content (AvgIpc) is 2.31. The quantitative estimate of drug-likeness (QED) is 0.844. The zero-order valence-corrected chi connectivity index (χ0v) is 12.4. The van der Waals surface area contributed by atoms with Crippen molar-refractivity contribution in [2.75, 3.05) is 18.8 Å². The lowest BCUT2D eigenvalue weighted by molar-refractivity contribution is -0.0440. The van der Waals surface area contributed by atoms with Crippen molar-refractivity contribution in [2.45, 2.75) is 31.0 Å². The molecule has 1 fully saturated rings. The molecular formula is C12H17ClN2O3S. The number of rotatable bonds is 2. The van der Waals surface area contributed by atoms with E-state index < -0.39 is 10.0 Å². The lowest BCUT2D eigenvalue weighted by Gasteiger charge is -2.34. The summed E-state index contributed by atoms with van der Waals surface area (Å²) >= 11 is 5.88. The van der Waals surface area contributed by atoms with Crippen LogP contribution in [0.5, 0.6) is 0 Å². The van der Waals surface area contributed by atoms with E-state index in [1.165, 1.54) is 22.5 Å². The number of nitrogens with zero attached hydrogens (tertiary/aromatic N) is 1. The van der Waals surface area contributed by atoms with Gasteiger partial charge < -0.3 is 10.5 Å². The van der Waals surface area contributed by atoms with E-state index in [4.69, 9.17) is 22.1 Å². The maximum atomic E-state index is 12.5. The minimum Gasteiger partial charge on any atom is -0.398 e. The van der Waals surface area contributed by atoms with E-state index in [0.29, 0.717) is 18.8 Å². The number of morpholine rings is 1. The lowest BCUT2D eigenvalue weighted by Crippen LogP contribution is -2.48. The van der Waals surface area contributed by atoms with Gasteiger partial charge in [0.15, 0.2) is 0 Å². The van der Waals surface area contributed by atoms with E-state index in [2.05, 4.69) is 0 Å².